The van der Waals surface area contributed by atoms with Gasteiger partial charge in [-0.2, -0.15) is 0 Å². The van der Waals surface area contributed by atoms with E-state index in [0.29, 0.717) is 19.6 Å². The van der Waals surface area contributed by atoms with Gasteiger partial charge in [-0.3, -0.25) is 4.79 Å². The fraction of sp³-hybridized carbons (Fsp3) is 0.611. The Labute approximate surface area is 133 Å². The maximum Gasteiger partial charge on any atom is 0.224 e. The Hall–Kier alpha value is -1.55. The number of nitrogens with one attached hydrogen (secondary N) is 1. The van der Waals surface area contributed by atoms with Crippen molar-refractivity contribution in [2.24, 2.45) is 11.3 Å². The normalized spacial score (nSPS) is 13.0. The van der Waals surface area contributed by atoms with Gasteiger partial charge in [-0.1, -0.05) is 39.8 Å². The largest absolute Gasteiger partial charge is 0.494 e. The second-order valence-electron chi connectivity index (χ2n) is 6.71. The van der Waals surface area contributed by atoms with Gasteiger partial charge in [0.2, 0.25) is 5.91 Å². The molecule has 2 N–H and O–H groups in total. The van der Waals surface area contributed by atoms with Crippen molar-refractivity contribution in [2.75, 3.05) is 13.2 Å². The summed E-state index contributed by atoms with van der Waals surface area (Å²) in [6.07, 6.45) is -0.112. The molecule has 0 spiro atoms. The number of ether oxygens (including phenoxy) is 1. The van der Waals surface area contributed by atoms with Gasteiger partial charge in [0.1, 0.15) is 5.75 Å². The minimum absolute atomic E-state index is 0.0341. The van der Waals surface area contributed by atoms with E-state index in [1.807, 2.05) is 58.9 Å². The molecule has 0 bridgehead atoms. The van der Waals surface area contributed by atoms with E-state index in [9.17, 15) is 9.90 Å². The molecule has 0 saturated carbocycles. The third-order valence-corrected chi connectivity index (χ3v) is 3.77. The molecule has 1 atom stereocenters. The molecule has 4 heteroatoms. The van der Waals surface area contributed by atoms with E-state index in [1.165, 1.54) is 0 Å². The summed E-state index contributed by atoms with van der Waals surface area (Å²) in [5.41, 5.74) is 0.603. The number of hydrogen-bond donors (Lipinski definition) is 2. The lowest BCUT2D eigenvalue weighted by Gasteiger charge is -2.33. The summed E-state index contributed by atoms with van der Waals surface area (Å²) in [7, 11) is 0. The maximum atomic E-state index is 12.0. The molecule has 1 rings (SSSR count). The first-order valence-corrected chi connectivity index (χ1v) is 7.92. The van der Waals surface area contributed by atoms with Crippen molar-refractivity contribution in [3.8, 4) is 5.75 Å². The Bertz CT molecular complexity index is 466. The minimum atomic E-state index is -0.446. The Morgan fingerprint density at radius 2 is 1.86 bits per heavy atom. The van der Waals surface area contributed by atoms with Crippen molar-refractivity contribution >= 4 is 5.91 Å². The van der Waals surface area contributed by atoms with Crippen LogP contribution >= 0.6 is 0 Å². The van der Waals surface area contributed by atoms with Crippen molar-refractivity contribution in [1.29, 1.82) is 0 Å². The summed E-state index contributed by atoms with van der Waals surface area (Å²) in [5, 5.41) is 13.1. The quantitative estimate of drug-likeness (QED) is 0.776. The van der Waals surface area contributed by atoms with Gasteiger partial charge in [-0.05, 0) is 30.5 Å². The zero-order valence-electron chi connectivity index (χ0n) is 14.3. The van der Waals surface area contributed by atoms with E-state index in [-0.39, 0.29) is 17.2 Å². The third kappa shape index (κ3) is 5.68. The molecule has 0 saturated heterocycles. The van der Waals surface area contributed by atoms with Crippen molar-refractivity contribution in [3.63, 3.8) is 0 Å². The molecule has 1 amide bonds. The van der Waals surface area contributed by atoms with Crippen LogP contribution in [0.25, 0.3) is 0 Å². The average Bonchev–Trinajstić information content (AvgIpc) is 2.46. The molecule has 1 unspecified atom stereocenters. The smallest absolute Gasteiger partial charge is 0.224 e. The lowest BCUT2D eigenvalue weighted by molar-refractivity contribution is -0.121. The number of rotatable bonds is 8. The first-order valence-electron chi connectivity index (χ1n) is 7.92. The highest BCUT2D eigenvalue weighted by Crippen LogP contribution is 2.25. The zero-order chi connectivity index (χ0) is 16.8. The lowest BCUT2D eigenvalue weighted by Crippen LogP contribution is -2.43. The Kier molecular flexibility index (Phi) is 6.88. The molecule has 0 heterocycles. The SMILES string of the molecule is CCOc1ccc(CC(=O)NCC(C)(C)C(O)C(C)C)cc1. The van der Waals surface area contributed by atoms with Crippen molar-refractivity contribution in [1.82, 2.24) is 5.32 Å². The van der Waals surface area contributed by atoms with Crippen LogP contribution in [0.15, 0.2) is 24.3 Å². The van der Waals surface area contributed by atoms with Gasteiger partial charge in [0.25, 0.3) is 0 Å². The van der Waals surface area contributed by atoms with Crippen LogP contribution in [0.1, 0.15) is 40.2 Å². The van der Waals surface area contributed by atoms with Gasteiger partial charge in [0.05, 0.1) is 19.1 Å². The molecular formula is C18H29NO3. The first-order chi connectivity index (χ1) is 10.3. The Balaban J connectivity index is 2.49. The number of hydrogen-bond acceptors (Lipinski definition) is 3. The second kappa shape index (κ2) is 8.18. The summed E-state index contributed by atoms with van der Waals surface area (Å²) in [6, 6.07) is 7.55. The molecule has 0 aliphatic rings. The van der Waals surface area contributed by atoms with Gasteiger partial charge < -0.3 is 15.2 Å². The zero-order valence-corrected chi connectivity index (χ0v) is 14.3. The summed E-state index contributed by atoms with van der Waals surface area (Å²) < 4.78 is 5.38. The minimum Gasteiger partial charge on any atom is -0.494 e. The molecular weight excluding hydrogens is 278 g/mol. The summed E-state index contributed by atoms with van der Waals surface area (Å²) in [5.74, 6) is 0.944. The summed E-state index contributed by atoms with van der Waals surface area (Å²) in [6.45, 7) is 10.9. The number of benzene rings is 1. The topological polar surface area (TPSA) is 58.6 Å². The molecule has 124 valence electrons. The van der Waals surface area contributed by atoms with Crippen LogP contribution in [0, 0.1) is 11.3 Å². The molecule has 0 fully saturated rings. The highest BCUT2D eigenvalue weighted by molar-refractivity contribution is 5.78. The van der Waals surface area contributed by atoms with E-state index >= 15 is 0 Å². The third-order valence-electron chi connectivity index (χ3n) is 3.77. The van der Waals surface area contributed by atoms with Crippen molar-refractivity contribution < 1.29 is 14.6 Å². The molecule has 0 aliphatic carbocycles. The van der Waals surface area contributed by atoms with E-state index in [0.717, 1.165) is 11.3 Å². The predicted octanol–water partition coefficient (Wildman–Crippen LogP) is 2.79. The second-order valence-corrected chi connectivity index (χ2v) is 6.71. The average molecular weight is 307 g/mol. The van der Waals surface area contributed by atoms with E-state index in [1.54, 1.807) is 0 Å². The van der Waals surface area contributed by atoms with E-state index in [4.69, 9.17) is 4.74 Å². The molecule has 0 aliphatic heterocycles. The molecule has 1 aromatic carbocycles. The Morgan fingerprint density at radius 3 is 2.36 bits per heavy atom. The van der Waals surface area contributed by atoms with Gasteiger partial charge in [0, 0.05) is 12.0 Å². The van der Waals surface area contributed by atoms with Crippen LogP contribution in [0.2, 0.25) is 0 Å². The van der Waals surface area contributed by atoms with Crippen LogP contribution in [0.4, 0.5) is 0 Å². The van der Waals surface area contributed by atoms with Crippen LogP contribution in [-0.4, -0.2) is 30.3 Å². The van der Waals surface area contributed by atoms with Crippen molar-refractivity contribution in [3.05, 3.63) is 29.8 Å². The molecule has 22 heavy (non-hydrogen) atoms. The van der Waals surface area contributed by atoms with Gasteiger partial charge in [-0.25, -0.2) is 0 Å². The van der Waals surface area contributed by atoms with Crippen LogP contribution in [0.5, 0.6) is 5.75 Å². The number of aliphatic hydroxyl groups excluding tert-OH is 1. The highest BCUT2D eigenvalue weighted by Gasteiger charge is 2.30. The molecule has 1 aromatic rings. The highest BCUT2D eigenvalue weighted by atomic mass is 16.5. The monoisotopic (exact) mass is 307 g/mol. The molecule has 4 nitrogen and oxygen atoms in total. The van der Waals surface area contributed by atoms with E-state index < -0.39 is 6.10 Å². The Morgan fingerprint density at radius 1 is 1.27 bits per heavy atom. The number of amides is 1. The molecule has 0 radical (unpaired) electrons. The van der Waals surface area contributed by atoms with E-state index in [2.05, 4.69) is 5.32 Å². The number of aliphatic hydroxyl groups is 1. The summed E-state index contributed by atoms with van der Waals surface area (Å²) in [4.78, 5) is 12.0. The van der Waals surface area contributed by atoms with Gasteiger partial charge >= 0.3 is 0 Å². The number of carbonyl (C=O) groups excluding carboxylic acids is 1. The standard InChI is InChI=1S/C18H29NO3/c1-6-22-15-9-7-14(8-10-15)11-16(20)19-12-18(4,5)17(21)13(2)3/h7-10,13,17,21H,6,11-12H2,1-5H3,(H,19,20). The predicted molar refractivity (Wildman–Crippen MR) is 89.0 cm³/mol. The van der Waals surface area contributed by atoms with Crippen LogP contribution < -0.4 is 10.1 Å². The first kappa shape index (κ1) is 18.5. The number of carbonyl (C=O) groups is 1. The molecule has 0 aromatic heterocycles. The fourth-order valence-electron chi connectivity index (χ4n) is 2.45. The maximum absolute atomic E-state index is 12.0. The van der Waals surface area contributed by atoms with Gasteiger partial charge in [0.15, 0.2) is 0 Å². The lowest BCUT2D eigenvalue weighted by atomic mass is 9.80. The van der Waals surface area contributed by atoms with Gasteiger partial charge in [-0.15, -0.1) is 0 Å². The van der Waals surface area contributed by atoms with Crippen LogP contribution in [-0.2, 0) is 11.2 Å². The fourth-order valence-corrected chi connectivity index (χ4v) is 2.45. The summed E-state index contributed by atoms with van der Waals surface area (Å²) >= 11 is 0. The van der Waals surface area contributed by atoms with Crippen LogP contribution in [0.3, 0.4) is 0 Å². The van der Waals surface area contributed by atoms with Crippen molar-refractivity contribution in [2.45, 2.75) is 47.1 Å².